The highest BCUT2D eigenvalue weighted by molar-refractivity contribution is 5.05. The predicted molar refractivity (Wildman–Crippen MR) is 38.5 cm³/mol. The molecule has 0 bridgehead atoms. The van der Waals surface area contributed by atoms with Crippen molar-refractivity contribution in [1.29, 1.82) is 0 Å². The lowest BCUT2D eigenvalue weighted by molar-refractivity contribution is 0.0694. The Balaban J connectivity index is 2.08. The molecule has 0 unspecified atom stereocenters. The molecule has 0 saturated carbocycles. The van der Waals surface area contributed by atoms with E-state index in [-0.39, 0.29) is 0 Å². The summed E-state index contributed by atoms with van der Waals surface area (Å²) >= 11 is 0. The lowest BCUT2D eigenvalue weighted by Gasteiger charge is -2.34. The van der Waals surface area contributed by atoms with Crippen molar-refractivity contribution in [2.75, 3.05) is 32.8 Å². The van der Waals surface area contributed by atoms with Crippen LogP contribution in [0.1, 0.15) is 0 Å². The third-order valence-corrected chi connectivity index (χ3v) is 1.96. The summed E-state index contributed by atoms with van der Waals surface area (Å²) in [5, 5.41) is 3.20. The average molecular weight is 140 g/mol. The van der Waals surface area contributed by atoms with Gasteiger partial charge in [-0.2, -0.15) is 0 Å². The Morgan fingerprint density at radius 1 is 1.50 bits per heavy atom. The normalized spacial score (nSPS) is 24.8. The number of ether oxygens (including phenoxy) is 1. The Bertz CT molecular complexity index is 156. The van der Waals surface area contributed by atoms with E-state index in [4.69, 9.17) is 4.74 Å². The third kappa shape index (κ3) is 0.968. The summed E-state index contributed by atoms with van der Waals surface area (Å²) in [5.41, 5.74) is 1.30. The highest BCUT2D eigenvalue weighted by Crippen LogP contribution is 2.10. The second-order valence-corrected chi connectivity index (χ2v) is 2.63. The minimum absolute atomic E-state index is 0.785. The van der Waals surface area contributed by atoms with Gasteiger partial charge in [0.15, 0.2) is 0 Å². The van der Waals surface area contributed by atoms with Crippen LogP contribution in [0.2, 0.25) is 0 Å². The van der Waals surface area contributed by atoms with Crippen molar-refractivity contribution in [1.82, 2.24) is 10.2 Å². The van der Waals surface area contributed by atoms with Crippen molar-refractivity contribution in [3.63, 3.8) is 0 Å². The van der Waals surface area contributed by atoms with E-state index in [1.54, 1.807) is 0 Å². The van der Waals surface area contributed by atoms with Crippen LogP contribution in [0, 0.1) is 0 Å². The van der Waals surface area contributed by atoms with Crippen molar-refractivity contribution in [3.05, 3.63) is 11.9 Å². The standard InChI is InChI=1S/C7H12N2O/c1-2-9-3-4-10-6-7(9)5-8-1/h5,8H,1-4,6H2. The molecule has 2 aliphatic rings. The maximum absolute atomic E-state index is 5.29. The van der Waals surface area contributed by atoms with Gasteiger partial charge in [-0.05, 0) is 0 Å². The fourth-order valence-corrected chi connectivity index (χ4v) is 1.36. The SMILES string of the molecule is C1=C2COCCN2CCN1. The molecule has 10 heavy (non-hydrogen) atoms. The molecule has 0 amide bonds. The smallest absolute Gasteiger partial charge is 0.0880 e. The molecule has 0 aromatic heterocycles. The van der Waals surface area contributed by atoms with Crippen LogP contribution in [0.5, 0.6) is 0 Å². The fourth-order valence-electron chi connectivity index (χ4n) is 1.36. The Hall–Kier alpha value is -0.700. The Morgan fingerprint density at radius 2 is 2.50 bits per heavy atom. The molecule has 1 saturated heterocycles. The first-order valence-corrected chi connectivity index (χ1v) is 3.72. The second kappa shape index (κ2) is 2.50. The van der Waals surface area contributed by atoms with Crippen LogP contribution in [-0.4, -0.2) is 37.7 Å². The summed E-state index contributed by atoms with van der Waals surface area (Å²) in [6.45, 7) is 4.94. The van der Waals surface area contributed by atoms with E-state index in [9.17, 15) is 0 Å². The van der Waals surface area contributed by atoms with E-state index in [1.807, 2.05) is 0 Å². The largest absolute Gasteiger partial charge is 0.388 e. The molecule has 0 spiro atoms. The molecule has 2 aliphatic heterocycles. The Labute approximate surface area is 60.7 Å². The number of morpholine rings is 1. The molecular weight excluding hydrogens is 128 g/mol. The van der Waals surface area contributed by atoms with Gasteiger partial charge in [0, 0.05) is 25.8 Å². The zero-order chi connectivity index (χ0) is 6.81. The Morgan fingerprint density at radius 3 is 3.40 bits per heavy atom. The number of hydrogen-bond acceptors (Lipinski definition) is 3. The van der Waals surface area contributed by atoms with E-state index < -0.39 is 0 Å². The predicted octanol–water partition coefficient (Wildman–Crippen LogP) is -0.237. The summed E-state index contributed by atoms with van der Waals surface area (Å²) in [4.78, 5) is 2.38. The van der Waals surface area contributed by atoms with Gasteiger partial charge in [0.05, 0.1) is 18.9 Å². The van der Waals surface area contributed by atoms with Crippen molar-refractivity contribution < 1.29 is 4.74 Å². The summed E-state index contributed by atoms with van der Waals surface area (Å²) in [6, 6.07) is 0. The molecule has 0 atom stereocenters. The van der Waals surface area contributed by atoms with Crippen molar-refractivity contribution in [2.45, 2.75) is 0 Å². The van der Waals surface area contributed by atoms with Crippen LogP contribution in [0.4, 0.5) is 0 Å². The van der Waals surface area contributed by atoms with Gasteiger partial charge < -0.3 is 15.0 Å². The third-order valence-electron chi connectivity index (χ3n) is 1.96. The molecular formula is C7H12N2O. The van der Waals surface area contributed by atoms with E-state index in [2.05, 4.69) is 16.4 Å². The van der Waals surface area contributed by atoms with E-state index in [0.717, 1.165) is 32.8 Å². The lowest BCUT2D eigenvalue weighted by atomic mass is 10.3. The second-order valence-electron chi connectivity index (χ2n) is 2.63. The van der Waals surface area contributed by atoms with Gasteiger partial charge in [0.25, 0.3) is 0 Å². The van der Waals surface area contributed by atoms with Gasteiger partial charge in [0.2, 0.25) is 0 Å². The lowest BCUT2D eigenvalue weighted by Crippen LogP contribution is -2.42. The first-order chi connectivity index (χ1) is 4.97. The zero-order valence-electron chi connectivity index (χ0n) is 5.97. The van der Waals surface area contributed by atoms with Gasteiger partial charge >= 0.3 is 0 Å². The summed E-state index contributed by atoms with van der Waals surface area (Å²) in [7, 11) is 0. The maximum Gasteiger partial charge on any atom is 0.0880 e. The van der Waals surface area contributed by atoms with E-state index in [1.165, 1.54) is 5.70 Å². The molecule has 0 aromatic carbocycles. The van der Waals surface area contributed by atoms with Crippen molar-refractivity contribution in [2.24, 2.45) is 0 Å². The van der Waals surface area contributed by atoms with E-state index >= 15 is 0 Å². The van der Waals surface area contributed by atoms with Crippen molar-refractivity contribution >= 4 is 0 Å². The van der Waals surface area contributed by atoms with Crippen LogP contribution in [-0.2, 0) is 4.74 Å². The molecule has 3 heteroatoms. The molecule has 0 aliphatic carbocycles. The highest BCUT2D eigenvalue weighted by atomic mass is 16.5. The topological polar surface area (TPSA) is 24.5 Å². The fraction of sp³-hybridized carbons (Fsp3) is 0.714. The van der Waals surface area contributed by atoms with Crippen molar-refractivity contribution in [3.8, 4) is 0 Å². The quantitative estimate of drug-likeness (QED) is 0.502. The number of hydrogen-bond donors (Lipinski definition) is 1. The maximum atomic E-state index is 5.29. The number of fused-ring (bicyclic) bond motifs is 1. The average Bonchev–Trinajstić information content (AvgIpc) is 2.05. The van der Waals surface area contributed by atoms with Gasteiger partial charge in [-0.1, -0.05) is 0 Å². The van der Waals surface area contributed by atoms with Gasteiger partial charge in [-0.15, -0.1) is 0 Å². The molecule has 0 aromatic rings. The van der Waals surface area contributed by atoms with Gasteiger partial charge in [0.1, 0.15) is 0 Å². The number of nitrogens with one attached hydrogen (secondary N) is 1. The van der Waals surface area contributed by atoms with Crippen LogP contribution in [0.25, 0.3) is 0 Å². The molecule has 2 heterocycles. The van der Waals surface area contributed by atoms with Crippen LogP contribution in [0.15, 0.2) is 11.9 Å². The molecule has 0 radical (unpaired) electrons. The minimum Gasteiger partial charge on any atom is -0.388 e. The first-order valence-electron chi connectivity index (χ1n) is 3.72. The van der Waals surface area contributed by atoms with E-state index in [0.29, 0.717) is 0 Å². The summed E-state index contributed by atoms with van der Waals surface area (Å²) in [6.07, 6.45) is 2.06. The summed E-state index contributed by atoms with van der Waals surface area (Å²) < 4.78 is 5.29. The number of nitrogens with zero attached hydrogens (tertiary/aromatic N) is 1. The summed E-state index contributed by atoms with van der Waals surface area (Å²) in [5.74, 6) is 0. The molecule has 1 fully saturated rings. The first kappa shape index (κ1) is 6.04. The molecule has 1 N–H and O–H groups in total. The molecule has 2 rings (SSSR count). The van der Waals surface area contributed by atoms with Crippen LogP contribution >= 0.6 is 0 Å². The van der Waals surface area contributed by atoms with Crippen LogP contribution < -0.4 is 5.32 Å². The zero-order valence-corrected chi connectivity index (χ0v) is 5.97. The monoisotopic (exact) mass is 140 g/mol. The van der Waals surface area contributed by atoms with Gasteiger partial charge in [-0.25, -0.2) is 0 Å². The highest BCUT2D eigenvalue weighted by Gasteiger charge is 2.16. The molecule has 56 valence electrons. The molecule has 3 nitrogen and oxygen atoms in total. The number of rotatable bonds is 0. The Kier molecular flexibility index (Phi) is 1.51. The minimum atomic E-state index is 0.785. The van der Waals surface area contributed by atoms with Gasteiger partial charge in [-0.3, -0.25) is 0 Å². The van der Waals surface area contributed by atoms with Crippen LogP contribution in [0.3, 0.4) is 0 Å².